The fourth-order valence-electron chi connectivity index (χ4n) is 2.05. The first-order valence-electron chi connectivity index (χ1n) is 5.34. The second-order valence-corrected chi connectivity index (χ2v) is 3.87. The van der Waals surface area contributed by atoms with E-state index in [9.17, 15) is 0 Å². The van der Waals surface area contributed by atoms with Crippen LogP contribution in [0.1, 0.15) is 5.56 Å². The molecule has 0 amide bonds. The Bertz CT molecular complexity index is 563. The molecule has 0 saturated carbocycles. The van der Waals surface area contributed by atoms with E-state index < -0.39 is 0 Å². The van der Waals surface area contributed by atoms with Gasteiger partial charge in [0, 0.05) is 12.0 Å². The van der Waals surface area contributed by atoms with Crippen LogP contribution in [0.3, 0.4) is 0 Å². The van der Waals surface area contributed by atoms with E-state index in [1.807, 2.05) is 12.1 Å². The molecule has 88 valence electrons. The number of nitrogen functional groups attached to an aromatic ring is 1. The number of rotatable bonds is 2. The Morgan fingerprint density at radius 2 is 2.29 bits per heavy atom. The van der Waals surface area contributed by atoms with Gasteiger partial charge >= 0.3 is 0 Å². The van der Waals surface area contributed by atoms with E-state index in [-0.39, 0.29) is 0 Å². The van der Waals surface area contributed by atoms with Crippen LogP contribution >= 0.6 is 0 Å². The average Bonchev–Trinajstić information content (AvgIpc) is 2.95. The predicted octanol–water partition coefficient (Wildman–Crippen LogP) is 1.87. The number of benzene rings is 1. The zero-order valence-electron chi connectivity index (χ0n) is 9.40. The highest BCUT2D eigenvalue weighted by Gasteiger charge is 2.20. The van der Waals surface area contributed by atoms with Crippen molar-refractivity contribution in [3.8, 4) is 22.6 Å². The number of anilines is 1. The van der Waals surface area contributed by atoms with E-state index >= 15 is 0 Å². The number of ether oxygens (including phenoxy) is 2. The molecule has 2 heterocycles. The van der Waals surface area contributed by atoms with Crippen LogP contribution in [0.25, 0.3) is 11.1 Å². The number of nitrogens with zero attached hydrogens (tertiary/aromatic N) is 1. The molecule has 2 aromatic rings. The Balaban J connectivity index is 2.16. The minimum Gasteiger partial charge on any atom is -0.493 e. The van der Waals surface area contributed by atoms with Gasteiger partial charge in [0.15, 0.2) is 11.5 Å². The van der Waals surface area contributed by atoms with Crippen molar-refractivity contribution in [2.45, 2.75) is 6.42 Å². The highest BCUT2D eigenvalue weighted by molar-refractivity contribution is 5.75. The third-order valence-electron chi connectivity index (χ3n) is 2.88. The molecule has 0 fully saturated rings. The van der Waals surface area contributed by atoms with E-state index in [0.29, 0.717) is 12.5 Å². The van der Waals surface area contributed by atoms with E-state index in [0.717, 1.165) is 34.6 Å². The van der Waals surface area contributed by atoms with E-state index in [4.69, 9.17) is 19.7 Å². The van der Waals surface area contributed by atoms with Gasteiger partial charge in [-0.1, -0.05) is 5.16 Å². The topological polar surface area (TPSA) is 70.5 Å². The van der Waals surface area contributed by atoms with Gasteiger partial charge in [0.25, 0.3) is 0 Å². The molecule has 0 saturated heterocycles. The second-order valence-electron chi connectivity index (χ2n) is 3.87. The fraction of sp³-hybridized carbons (Fsp3) is 0.250. The normalized spacial score (nSPS) is 13.2. The Kier molecular flexibility index (Phi) is 2.18. The summed E-state index contributed by atoms with van der Waals surface area (Å²) in [6, 6.07) is 3.92. The highest BCUT2D eigenvalue weighted by atomic mass is 16.5. The largest absolute Gasteiger partial charge is 0.493 e. The molecule has 0 atom stereocenters. The number of fused-ring (bicyclic) bond motifs is 1. The third kappa shape index (κ3) is 1.51. The molecule has 3 rings (SSSR count). The Morgan fingerprint density at radius 1 is 1.41 bits per heavy atom. The number of hydrogen-bond acceptors (Lipinski definition) is 5. The summed E-state index contributed by atoms with van der Waals surface area (Å²) in [6.07, 6.45) is 2.48. The third-order valence-corrected chi connectivity index (χ3v) is 2.88. The summed E-state index contributed by atoms with van der Waals surface area (Å²) < 4.78 is 15.7. The van der Waals surface area contributed by atoms with Crippen molar-refractivity contribution in [3.63, 3.8) is 0 Å². The molecule has 5 heteroatoms. The molecule has 17 heavy (non-hydrogen) atoms. The molecule has 0 radical (unpaired) electrons. The van der Waals surface area contributed by atoms with Crippen LogP contribution in [-0.4, -0.2) is 18.9 Å². The quantitative estimate of drug-likeness (QED) is 0.855. The average molecular weight is 232 g/mol. The first kappa shape index (κ1) is 10.0. The molecule has 0 unspecified atom stereocenters. The molecule has 0 spiro atoms. The first-order chi connectivity index (χ1) is 8.29. The van der Waals surface area contributed by atoms with Gasteiger partial charge in [-0.15, -0.1) is 0 Å². The van der Waals surface area contributed by atoms with Gasteiger partial charge in [0.05, 0.1) is 25.5 Å². The Morgan fingerprint density at radius 3 is 3.00 bits per heavy atom. The minimum atomic E-state index is 0.311. The summed E-state index contributed by atoms with van der Waals surface area (Å²) in [5, 5.41) is 3.68. The van der Waals surface area contributed by atoms with Gasteiger partial charge in [-0.05, 0) is 17.7 Å². The Hall–Kier alpha value is -2.17. The SMILES string of the molecule is COc1cc(-c2cnoc2N)cc2c1OCC2. The molecular formula is C12H12N2O3. The minimum absolute atomic E-state index is 0.311. The van der Waals surface area contributed by atoms with Crippen LogP contribution in [0, 0.1) is 0 Å². The van der Waals surface area contributed by atoms with Gasteiger partial charge in [-0.25, -0.2) is 0 Å². The van der Waals surface area contributed by atoms with Crippen LogP contribution in [0.2, 0.25) is 0 Å². The summed E-state index contributed by atoms with van der Waals surface area (Å²) in [6.45, 7) is 0.689. The van der Waals surface area contributed by atoms with Gasteiger partial charge in [-0.2, -0.15) is 0 Å². The van der Waals surface area contributed by atoms with Gasteiger partial charge in [-0.3, -0.25) is 0 Å². The maximum atomic E-state index is 5.71. The molecule has 0 bridgehead atoms. The van der Waals surface area contributed by atoms with E-state index in [1.165, 1.54) is 0 Å². The summed E-state index contributed by atoms with van der Waals surface area (Å²) in [5.41, 5.74) is 8.54. The monoisotopic (exact) mass is 232 g/mol. The maximum Gasteiger partial charge on any atom is 0.229 e. The molecule has 1 aromatic heterocycles. The smallest absolute Gasteiger partial charge is 0.229 e. The van der Waals surface area contributed by atoms with Crippen molar-refractivity contribution in [2.75, 3.05) is 19.5 Å². The van der Waals surface area contributed by atoms with Crippen LogP contribution in [0.15, 0.2) is 22.9 Å². The standard InChI is InChI=1S/C12H12N2O3/c1-15-10-5-8(9-6-14-17-12(9)13)4-7-2-3-16-11(7)10/h4-6H,2-3,13H2,1H3. The second kappa shape index (κ2) is 3.69. The number of nitrogens with two attached hydrogens (primary N) is 1. The number of methoxy groups -OCH3 is 1. The molecular weight excluding hydrogens is 220 g/mol. The van der Waals surface area contributed by atoms with Crippen molar-refractivity contribution >= 4 is 5.88 Å². The fourth-order valence-corrected chi connectivity index (χ4v) is 2.05. The van der Waals surface area contributed by atoms with Crippen molar-refractivity contribution in [3.05, 3.63) is 23.9 Å². The predicted molar refractivity (Wildman–Crippen MR) is 62.1 cm³/mol. The summed E-state index contributed by atoms with van der Waals surface area (Å²) in [7, 11) is 1.62. The zero-order valence-corrected chi connectivity index (χ0v) is 9.40. The molecule has 1 aromatic carbocycles. The van der Waals surface area contributed by atoms with Crippen LogP contribution in [0.4, 0.5) is 5.88 Å². The molecule has 1 aliphatic heterocycles. The maximum absolute atomic E-state index is 5.71. The first-order valence-corrected chi connectivity index (χ1v) is 5.34. The van der Waals surface area contributed by atoms with Crippen LogP contribution < -0.4 is 15.2 Å². The Labute approximate surface area is 98.1 Å². The lowest BCUT2D eigenvalue weighted by Crippen LogP contribution is -1.91. The lowest BCUT2D eigenvalue weighted by molar-refractivity contribution is 0.326. The molecule has 0 aliphatic carbocycles. The molecule has 1 aliphatic rings. The van der Waals surface area contributed by atoms with Crippen LogP contribution in [0.5, 0.6) is 11.5 Å². The summed E-state index contributed by atoms with van der Waals surface area (Å²) >= 11 is 0. The van der Waals surface area contributed by atoms with Crippen LogP contribution in [-0.2, 0) is 6.42 Å². The van der Waals surface area contributed by atoms with Gasteiger partial charge in [0.1, 0.15) is 0 Å². The van der Waals surface area contributed by atoms with Crippen molar-refractivity contribution < 1.29 is 14.0 Å². The van der Waals surface area contributed by atoms with Crippen molar-refractivity contribution in [1.29, 1.82) is 0 Å². The van der Waals surface area contributed by atoms with Gasteiger partial charge in [0.2, 0.25) is 5.88 Å². The van der Waals surface area contributed by atoms with E-state index in [1.54, 1.807) is 13.3 Å². The number of hydrogen-bond donors (Lipinski definition) is 1. The number of aromatic nitrogens is 1. The lowest BCUT2D eigenvalue weighted by Gasteiger charge is -2.09. The van der Waals surface area contributed by atoms with Gasteiger partial charge < -0.3 is 19.7 Å². The van der Waals surface area contributed by atoms with Crippen molar-refractivity contribution in [2.24, 2.45) is 0 Å². The summed E-state index contributed by atoms with van der Waals surface area (Å²) in [5.74, 6) is 1.85. The molecule has 2 N–H and O–H groups in total. The van der Waals surface area contributed by atoms with Crippen molar-refractivity contribution in [1.82, 2.24) is 5.16 Å². The highest BCUT2D eigenvalue weighted by Crippen LogP contribution is 2.40. The zero-order chi connectivity index (χ0) is 11.8. The summed E-state index contributed by atoms with van der Waals surface area (Å²) in [4.78, 5) is 0. The lowest BCUT2D eigenvalue weighted by atomic mass is 10.0. The molecule has 5 nitrogen and oxygen atoms in total. The van der Waals surface area contributed by atoms with E-state index in [2.05, 4.69) is 5.16 Å².